The maximum atomic E-state index is 13.3. The summed E-state index contributed by atoms with van der Waals surface area (Å²) in [7, 11) is 0. The van der Waals surface area contributed by atoms with E-state index in [2.05, 4.69) is 6.92 Å². The summed E-state index contributed by atoms with van der Waals surface area (Å²) in [6, 6.07) is 0. The lowest BCUT2D eigenvalue weighted by Gasteiger charge is -2.58. The Morgan fingerprint density at radius 2 is 1.86 bits per heavy atom. The summed E-state index contributed by atoms with van der Waals surface area (Å²) < 4.78 is 19.2. The monoisotopic (exact) mass is 512 g/mol. The van der Waals surface area contributed by atoms with Crippen molar-refractivity contribution in [3.63, 3.8) is 0 Å². The molecule has 37 heavy (non-hydrogen) atoms. The SMILES string of the molecule is CCO[C@@H]1O[C@@](C)([C@H]2CC(C)=C(C)C(=O)O2)[C@H]2CC[C@H]3[C@@H]4[C@@H](O)C=C5[C@@H](O)C=CC(=O)[C@]5(C)[C@H]4CC[C@]123. The number of hydrogen-bond acceptors (Lipinski definition) is 7. The first-order chi connectivity index (χ1) is 17.5. The average Bonchev–Trinajstić information content (AvgIpc) is 3.36. The molecule has 7 nitrogen and oxygen atoms in total. The molecular formula is C30H40O7. The fraction of sp³-hybridized carbons (Fsp3) is 0.733. The lowest BCUT2D eigenvalue weighted by Crippen LogP contribution is -2.59. The fourth-order valence-electron chi connectivity index (χ4n) is 9.47. The number of carbonyl (C=O) groups is 2. The van der Waals surface area contributed by atoms with Crippen LogP contribution >= 0.6 is 0 Å². The predicted molar refractivity (Wildman–Crippen MR) is 135 cm³/mol. The van der Waals surface area contributed by atoms with E-state index >= 15 is 0 Å². The van der Waals surface area contributed by atoms with Crippen LogP contribution in [-0.2, 0) is 23.8 Å². The van der Waals surface area contributed by atoms with Crippen molar-refractivity contribution in [2.24, 2.45) is 34.5 Å². The van der Waals surface area contributed by atoms with Gasteiger partial charge in [0.1, 0.15) is 11.7 Å². The number of cyclic esters (lactones) is 1. The Morgan fingerprint density at radius 3 is 2.57 bits per heavy atom. The van der Waals surface area contributed by atoms with E-state index in [-0.39, 0.29) is 40.8 Å². The van der Waals surface area contributed by atoms with Gasteiger partial charge in [0.05, 0.1) is 17.6 Å². The predicted octanol–water partition coefficient (Wildman–Crippen LogP) is 3.64. The van der Waals surface area contributed by atoms with Crippen LogP contribution in [0.25, 0.3) is 0 Å². The third kappa shape index (κ3) is 3.14. The number of aliphatic hydroxyl groups is 2. The number of carbonyl (C=O) groups excluding carboxylic acids is 2. The molecule has 0 unspecified atom stereocenters. The first kappa shape index (κ1) is 25.5. The molecule has 1 saturated heterocycles. The zero-order valence-corrected chi connectivity index (χ0v) is 22.5. The Hall–Kier alpha value is -1.80. The molecule has 2 saturated carbocycles. The van der Waals surface area contributed by atoms with E-state index in [4.69, 9.17) is 14.2 Å². The van der Waals surface area contributed by atoms with Crippen molar-refractivity contribution in [1.29, 1.82) is 0 Å². The van der Waals surface area contributed by atoms with E-state index in [0.29, 0.717) is 24.2 Å². The second-order valence-electron chi connectivity index (χ2n) is 12.6. The molecular weight excluding hydrogens is 472 g/mol. The molecule has 6 rings (SSSR count). The molecule has 202 valence electrons. The van der Waals surface area contributed by atoms with Crippen LogP contribution in [0, 0.1) is 34.5 Å². The first-order valence-corrected chi connectivity index (χ1v) is 14.0. The van der Waals surface area contributed by atoms with Gasteiger partial charge in [0, 0.05) is 29.9 Å². The summed E-state index contributed by atoms with van der Waals surface area (Å²) in [5.74, 6) is -0.281. The van der Waals surface area contributed by atoms with Crippen molar-refractivity contribution in [3.8, 4) is 0 Å². The summed E-state index contributed by atoms with van der Waals surface area (Å²) in [6.45, 7) is 10.3. The molecule has 0 amide bonds. The third-order valence-corrected chi connectivity index (χ3v) is 11.4. The van der Waals surface area contributed by atoms with Crippen LogP contribution < -0.4 is 0 Å². The molecule has 0 bridgehead atoms. The van der Waals surface area contributed by atoms with Crippen LogP contribution in [-0.4, -0.2) is 58.8 Å². The highest BCUT2D eigenvalue weighted by atomic mass is 16.7. The smallest absolute Gasteiger partial charge is 0.334 e. The first-order valence-electron chi connectivity index (χ1n) is 14.0. The Kier molecular flexibility index (Phi) is 5.75. The zero-order valence-electron chi connectivity index (χ0n) is 22.5. The molecule has 0 aromatic heterocycles. The van der Waals surface area contributed by atoms with Gasteiger partial charge >= 0.3 is 5.97 Å². The Morgan fingerprint density at radius 1 is 1.11 bits per heavy atom. The number of fused-ring (bicyclic) bond motifs is 4. The van der Waals surface area contributed by atoms with Crippen LogP contribution in [0.2, 0.25) is 0 Å². The van der Waals surface area contributed by atoms with Gasteiger partial charge in [-0.3, -0.25) is 4.79 Å². The second kappa shape index (κ2) is 8.35. The maximum absolute atomic E-state index is 13.3. The lowest BCUT2D eigenvalue weighted by atomic mass is 9.46. The minimum Gasteiger partial charge on any atom is -0.456 e. The summed E-state index contributed by atoms with van der Waals surface area (Å²) in [4.78, 5) is 26.0. The third-order valence-electron chi connectivity index (χ3n) is 11.4. The quantitative estimate of drug-likeness (QED) is 0.440. The molecule has 0 aromatic carbocycles. The van der Waals surface area contributed by atoms with Crippen molar-refractivity contribution in [2.75, 3.05) is 6.61 Å². The molecule has 3 fully saturated rings. The van der Waals surface area contributed by atoms with Crippen LogP contribution in [0.5, 0.6) is 0 Å². The molecule has 4 aliphatic carbocycles. The Bertz CT molecular complexity index is 1120. The van der Waals surface area contributed by atoms with Gasteiger partial charge in [0.25, 0.3) is 0 Å². The van der Waals surface area contributed by atoms with Gasteiger partial charge in [-0.15, -0.1) is 0 Å². The van der Waals surface area contributed by atoms with Crippen molar-refractivity contribution in [3.05, 3.63) is 34.9 Å². The van der Waals surface area contributed by atoms with Crippen molar-refractivity contribution < 1.29 is 34.0 Å². The molecule has 2 N–H and O–H groups in total. The highest BCUT2D eigenvalue weighted by Gasteiger charge is 2.74. The number of ether oxygens (including phenoxy) is 3. The highest BCUT2D eigenvalue weighted by Crippen LogP contribution is 2.72. The van der Waals surface area contributed by atoms with E-state index in [1.807, 2.05) is 27.7 Å². The van der Waals surface area contributed by atoms with E-state index in [1.165, 1.54) is 12.2 Å². The number of rotatable bonds is 3. The van der Waals surface area contributed by atoms with E-state index < -0.39 is 35.6 Å². The number of ketones is 1. The van der Waals surface area contributed by atoms with Gasteiger partial charge < -0.3 is 24.4 Å². The normalized spacial score (nSPS) is 50.7. The molecule has 0 radical (unpaired) electrons. The van der Waals surface area contributed by atoms with Crippen molar-refractivity contribution in [1.82, 2.24) is 0 Å². The average molecular weight is 513 g/mol. The number of hydrogen-bond donors (Lipinski definition) is 2. The molecule has 2 heterocycles. The highest BCUT2D eigenvalue weighted by molar-refractivity contribution is 5.99. The van der Waals surface area contributed by atoms with Gasteiger partial charge in [-0.25, -0.2) is 4.79 Å². The Balaban J connectivity index is 1.41. The van der Waals surface area contributed by atoms with E-state index in [1.54, 1.807) is 6.08 Å². The molecule has 6 aliphatic rings. The molecule has 0 aromatic rings. The molecule has 1 spiro atoms. The minimum atomic E-state index is -0.847. The topological polar surface area (TPSA) is 102 Å². The summed E-state index contributed by atoms with van der Waals surface area (Å²) >= 11 is 0. The zero-order chi connectivity index (χ0) is 26.5. The molecule has 2 aliphatic heterocycles. The molecule has 7 heteroatoms. The number of aliphatic hydroxyl groups excluding tert-OH is 2. The fourth-order valence-corrected chi connectivity index (χ4v) is 9.47. The maximum Gasteiger partial charge on any atom is 0.334 e. The summed E-state index contributed by atoms with van der Waals surface area (Å²) in [5, 5.41) is 22.3. The summed E-state index contributed by atoms with van der Waals surface area (Å²) in [5.41, 5.74) is 0.488. The number of allylic oxidation sites excluding steroid dienone is 1. The van der Waals surface area contributed by atoms with Crippen molar-refractivity contribution >= 4 is 11.8 Å². The Labute approximate surface area is 218 Å². The van der Waals surface area contributed by atoms with Gasteiger partial charge in [0.15, 0.2) is 12.1 Å². The van der Waals surface area contributed by atoms with Gasteiger partial charge in [0.2, 0.25) is 0 Å². The lowest BCUT2D eigenvalue weighted by molar-refractivity contribution is -0.237. The number of esters is 1. The van der Waals surface area contributed by atoms with Crippen LogP contribution in [0.4, 0.5) is 0 Å². The second-order valence-corrected chi connectivity index (χ2v) is 12.6. The van der Waals surface area contributed by atoms with Crippen molar-refractivity contribution in [2.45, 2.75) is 96.9 Å². The van der Waals surface area contributed by atoms with E-state index in [0.717, 1.165) is 31.3 Å². The molecule has 11 atom stereocenters. The summed E-state index contributed by atoms with van der Waals surface area (Å²) in [6.07, 6.45) is 6.31. The van der Waals surface area contributed by atoms with Crippen LogP contribution in [0.1, 0.15) is 66.7 Å². The van der Waals surface area contributed by atoms with Gasteiger partial charge in [-0.1, -0.05) is 11.6 Å². The van der Waals surface area contributed by atoms with Gasteiger partial charge in [-0.05, 0) is 95.8 Å². The van der Waals surface area contributed by atoms with E-state index in [9.17, 15) is 19.8 Å². The standard InChI is InChI=1S/C30H40O7/c1-6-35-27-30-12-11-17-25(21(32)14-19-20(31)8-10-23(33)28(17,19)4)18(30)7-9-22(30)29(5,37-27)24-13-15(2)16(3)26(34)36-24/h8,10,14,17-18,20-22,24-25,27,31-32H,6-7,9,11-13H2,1-5H3/t17-,18-,20-,21-,22+,24+,25+,27+,28+,29+,30+/m0/s1. The van der Waals surface area contributed by atoms with Crippen LogP contribution in [0.3, 0.4) is 0 Å². The minimum absolute atomic E-state index is 0.0112. The largest absolute Gasteiger partial charge is 0.456 e. The van der Waals surface area contributed by atoms with Gasteiger partial charge in [-0.2, -0.15) is 0 Å². The van der Waals surface area contributed by atoms with Crippen LogP contribution in [0.15, 0.2) is 34.9 Å².